The fourth-order valence-electron chi connectivity index (χ4n) is 3.65. The summed E-state index contributed by atoms with van der Waals surface area (Å²) in [6, 6.07) is 7.39. The molecule has 1 heterocycles. The summed E-state index contributed by atoms with van der Waals surface area (Å²) < 4.78 is 0.733. The van der Waals surface area contributed by atoms with E-state index in [2.05, 4.69) is 46.1 Å². The minimum absolute atomic E-state index is 0.156. The molecule has 2 aromatic rings. The molecule has 5 heteroatoms. The van der Waals surface area contributed by atoms with Crippen LogP contribution in [0.4, 0.5) is 11.4 Å². The van der Waals surface area contributed by atoms with E-state index >= 15 is 0 Å². The third kappa shape index (κ3) is 3.70. The minimum Gasteiger partial charge on any atom is -0.371 e. The van der Waals surface area contributed by atoms with Crippen LogP contribution in [-0.2, 0) is 0 Å². The van der Waals surface area contributed by atoms with Crippen LogP contribution in [0.1, 0.15) is 39.9 Å². The number of rotatable bonds is 3. The van der Waals surface area contributed by atoms with E-state index < -0.39 is 0 Å². The predicted molar refractivity (Wildman–Crippen MR) is 109 cm³/mol. The summed E-state index contributed by atoms with van der Waals surface area (Å²) in [5, 5.41) is 3.64. The van der Waals surface area contributed by atoms with Gasteiger partial charge in [-0.25, -0.2) is 0 Å². The largest absolute Gasteiger partial charge is 0.371 e. The molecule has 3 rings (SSSR count). The molecule has 1 saturated heterocycles. The third-order valence-corrected chi connectivity index (χ3v) is 5.69. The van der Waals surface area contributed by atoms with Gasteiger partial charge in [0.1, 0.15) is 0 Å². The number of aryl methyl sites for hydroxylation is 2. The van der Waals surface area contributed by atoms with E-state index in [0.717, 1.165) is 34.4 Å². The minimum atomic E-state index is -0.156. The van der Waals surface area contributed by atoms with Crippen molar-refractivity contribution in [1.29, 1.82) is 0 Å². The van der Waals surface area contributed by atoms with Gasteiger partial charge in [-0.1, -0.05) is 17.7 Å². The average molecular weight is 422 g/mol. The van der Waals surface area contributed by atoms with Crippen molar-refractivity contribution in [1.82, 2.24) is 0 Å². The summed E-state index contributed by atoms with van der Waals surface area (Å²) >= 11 is 9.48. The highest BCUT2D eigenvalue weighted by Crippen LogP contribution is 2.36. The number of carbonyl (C=O) groups is 1. The van der Waals surface area contributed by atoms with Gasteiger partial charge in [0.25, 0.3) is 5.91 Å². The van der Waals surface area contributed by atoms with E-state index in [1.807, 2.05) is 6.92 Å². The Labute approximate surface area is 162 Å². The lowest BCUT2D eigenvalue weighted by Crippen LogP contribution is -2.22. The number of carbonyl (C=O) groups excluding carboxylic acids is 1. The predicted octanol–water partition coefficient (Wildman–Crippen LogP) is 5.88. The second kappa shape index (κ2) is 7.38. The van der Waals surface area contributed by atoms with Gasteiger partial charge in [0.05, 0.1) is 5.56 Å². The number of nitrogens with zero attached hydrogens (tertiary/aromatic N) is 1. The zero-order valence-corrected chi connectivity index (χ0v) is 17.1. The van der Waals surface area contributed by atoms with Crippen molar-refractivity contribution in [3.63, 3.8) is 0 Å². The average Bonchev–Trinajstić information content (AvgIpc) is 3.07. The van der Waals surface area contributed by atoms with Crippen molar-refractivity contribution in [2.45, 2.75) is 33.6 Å². The zero-order valence-electron chi connectivity index (χ0n) is 14.7. The Morgan fingerprint density at radius 3 is 2.48 bits per heavy atom. The number of benzene rings is 2. The topological polar surface area (TPSA) is 32.3 Å². The van der Waals surface area contributed by atoms with Gasteiger partial charge in [-0.3, -0.25) is 4.79 Å². The zero-order chi connectivity index (χ0) is 18.1. The van der Waals surface area contributed by atoms with Crippen LogP contribution in [0.5, 0.6) is 0 Å². The normalized spacial score (nSPS) is 14.0. The molecule has 0 saturated carbocycles. The molecule has 0 radical (unpaired) electrons. The van der Waals surface area contributed by atoms with Crippen molar-refractivity contribution >= 4 is 44.8 Å². The summed E-state index contributed by atoms with van der Waals surface area (Å²) in [6.45, 7) is 8.44. The molecule has 1 aliphatic heterocycles. The van der Waals surface area contributed by atoms with Gasteiger partial charge >= 0.3 is 0 Å². The summed E-state index contributed by atoms with van der Waals surface area (Å²) in [7, 11) is 0. The molecule has 25 heavy (non-hydrogen) atoms. The second-order valence-corrected chi connectivity index (χ2v) is 7.92. The monoisotopic (exact) mass is 420 g/mol. The van der Waals surface area contributed by atoms with E-state index in [1.165, 1.54) is 24.1 Å². The van der Waals surface area contributed by atoms with Crippen LogP contribution in [-0.4, -0.2) is 19.0 Å². The van der Waals surface area contributed by atoms with Gasteiger partial charge in [0.2, 0.25) is 0 Å². The summed E-state index contributed by atoms with van der Waals surface area (Å²) in [6.07, 6.45) is 2.45. The molecule has 0 bridgehead atoms. The van der Waals surface area contributed by atoms with Crippen LogP contribution in [0.3, 0.4) is 0 Å². The summed E-state index contributed by atoms with van der Waals surface area (Å²) in [5.74, 6) is -0.156. The van der Waals surface area contributed by atoms with Crippen molar-refractivity contribution in [3.8, 4) is 0 Å². The SMILES string of the molecule is Cc1cc(C)c(N2CCCC2)c(C)c1NC(=O)c1cc(Cl)ccc1Br. The van der Waals surface area contributed by atoms with Gasteiger partial charge in [-0.2, -0.15) is 0 Å². The molecule has 1 fully saturated rings. The van der Waals surface area contributed by atoms with Gasteiger partial charge in [0, 0.05) is 34.0 Å². The maximum absolute atomic E-state index is 12.8. The quantitative estimate of drug-likeness (QED) is 0.671. The number of hydrogen-bond acceptors (Lipinski definition) is 2. The first-order chi connectivity index (χ1) is 11.9. The Balaban J connectivity index is 1.98. The Morgan fingerprint density at radius 1 is 1.12 bits per heavy atom. The molecule has 2 aromatic carbocycles. The first kappa shape index (κ1) is 18.3. The van der Waals surface area contributed by atoms with Crippen LogP contribution in [0.25, 0.3) is 0 Å². The van der Waals surface area contributed by atoms with Gasteiger partial charge < -0.3 is 10.2 Å². The molecule has 0 aliphatic carbocycles. The van der Waals surface area contributed by atoms with Crippen LogP contribution < -0.4 is 10.2 Å². The molecule has 1 amide bonds. The molecule has 3 nitrogen and oxygen atoms in total. The number of anilines is 2. The molecule has 0 unspecified atom stereocenters. The molecule has 0 atom stereocenters. The molecule has 132 valence electrons. The van der Waals surface area contributed by atoms with Crippen LogP contribution in [0.15, 0.2) is 28.7 Å². The molecular formula is C20H22BrClN2O. The van der Waals surface area contributed by atoms with E-state index in [-0.39, 0.29) is 5.91 Å². The van der Waals surface area contributed by atoms with Crippen molar-refractivity contribution in [2.24, 2.45) is 0 Å². The Kier molecular flexibility index (Phi) is 5.40. The standard InChI is InChI=1S/C20H22BrClN2O/c1-12-10-13(2)19(24-8-4-5-9-24)14(3)18(12)23-20(25)16-11-15(22)6-7-17(16)21/h6-7,10-11H,4-5,8-9H2,1-3H3,(H,23,25). The Hall–Kier alpha value is -1.52. The lowest BCUT2D eigenvalue weighted by molar-refractivity contribution is 0.102. The number of hydrogen-bond donors (Lipinski definition) is 1. The smallest absolute Gasteiger partial charge is 0.256 e. The highest BCUT2D eigenvalue weighted by Gasteiger charge is 2.21. The van der Waals surface area contributed by atoms with Crippen LogP contribution in [0.2, 0.25) is 5.02 Å². The summed E-state index contributed by atoms with van der Waals surface area (Å²) in [4.78, 5) is 15.2. The van der Waals surface area contributed by atoms with E-state index in [4.69, 9.17) is 11.6 Å². The first-order valence-electron chi connectivity index (χ1n) is 8.50. The molecule has 1 N–H and O–H groups in total. The van der Waals surface area contributed by atoms with E-state index in [0.29, 0.717) is 10.6 Å². The molecular weight excluding hydrogens is 400 g/mol. The van der Waals surface area contributed by atoms with E-state index in [9.17, 15) is 4.79 Å². The summed E-state index contributed by atoms with van der Waals surface area (Å²) in [5.41, 5.74) is 6.15. The number of halogens is 2. The Bertz CT molecular complexity index is 829. The highest BCUT2D eigenvalue weighted by molar-refractivity contribution is 9.10. The first-order valence-corrected chi connectivity index (χ1v) is 9.67. The van der Waals surface area contributed by atoms with Crippen molar-refractivity contribution in [3.05, 3.63) is 56.0 Å². The number of nitrogens with one attached hydrogen (secondary N) is 1. The third-order valence-electron chi connectivity index (χ3n) is 4.76. The fraction of sp³-hybridized carbons (Fsp3) is 0.350. The maximum atomic E-state index is 12.8. The lowest BCUT2D eigenvalue weighted by atomic mass is 10.0. The number of amides is 1. The van der Waals surface area contributed by atoms with Gasteiger partial charge in [-0.15, -0.1) is 0 Å². The maximum Gasteiger partial charge on any atom is 0.256 e. The molecule has 0 spiro atoms. The van der Waals surface area contributed by atoms with Gasteiger partial charge in [0.15, 0.2) is 0 Å². The highest BCUT2D eigenvalue weighted by atomic mass is 79.9. The fourth-order valence-corrected chi connectivity index (χ4v) is 4.25. The second-order valence-electron chi connectivity index (χ2n) is 6.63. The van der Waals surface area contributed by atoms with Crippen LogP contribution in [0, 0.1) is 20.8 Å². The van der Waals surface area contributed by atoms with Crippen LogP contribution >= 0.6 is 27.5 Å². The van der Waals surface area contributed by atoms with Crippen molar-refractivity contribution < 1.29 is 4.79 Å². The molecule has 1 aliphatic rings. The lowest BCUT2D eigenvalue weighted by Gasteiger charge is -2.26. The Morgan fingerprint density at radius 2 is 1.80 bits per heavy atom. The van der Waals surface area contributed by atoms with Gasteiger partial charge in [-0.05, 0) is 84.4 Å². The van der Waals surface area contributed by atoms with Crippen molar-refractivity contribution in [2.75, 3.05) is 23.3 Å². The molecule has 0 aromatic heterocycles. The van der Waals surface area contributed by atoms with E-state index in [1.54, 1.807) is 18.2 Å².